The minimum Gasteiger partial charge on any atom is -0.353 e. The minimum atomic E-state index is 0.529. The quantitative estimate of drug-likeness (QED) is 0.800. The molecular formula is C10H18ClN3S. The van der Waals surface area contributed by atoms with Crippen molar-refractivity contribution in [3.8, 4) is 0 Å². The third-order valence-corrected chi connectivity index (χ3v) is 2.78. The second-order valence-electron chi connectivity index (χ2n) is 4.57. The zero-order chi connectivity index (χ0) is 11.4. The van der Waals surface area contributed by atoms with Gasteiger partial charge in [-0.15, -0.1) is 0 Å². The van der Waals surface area contributed by atoms with E-state index in [-0.39, 0.29) is 0 Å². The molecule has 0 aromatic carbocycles. The van der Waals surface area contributed by atoms with Crippen LogP contribution in [-0.4, -0.2) is 21.8 Å². The molecule has 0 spiro atoms. The van der Waals surface area contributed by atoms with E-state index in [4.69, 9.17) is 11.6 Å². The second kappa shape index (κ2) is 5.66. The lowest BCUT2D eigenvalue weighted by atomic mass is 10.1. The number of hydrogen-bond donors (Lipinski definition) is 0. The molecule has 0 atom stereocenters. The van der Waals surface area contributed by atoms with E-state index < -0.39 is 0 Å². The molecule has 0 bridgehead atoms. The normalized spacial score (nSPS) is 11.4. The predicted octanol–water partition coefficient (Wildman–Crippen LogP) is 3.31. The van der Waals surface area contributed by atoms with Crippen molar-refractivity contribution in [2.75, 3.05) is 18.0 Å². The molecule has 0 aliphatic rings. The largest absolute Gasteiger partial charge is 0.353 e. The number of nitrogens with zero attached hydrogens (tertiary/aromatic N) is 3. The summed E-state index contributed by atoms with van der Waals surface area (Å²) in [5, 5.41) is 0.529. The van der Waals surface area contributed by atoms with Crippen molar-refractivity contribution in [2.24, 2.45) is 11.8 Å². The molecule has 5 heteroatoms. The summed E-state index contributed by atoms with van der Waals surface area (Å²) >= 11 is 7.17. The van der Waals surface area contributed by atoms with Gasteiger partial charge in [-0.1, -0.05) is 39.3 Å². The first-order valence-electron chi connectivity index (χ1n) is 5.23. The Morgan fingerprint density at radius 1 is 1.13 bits per heavy atom. The van der Waals surface area contributed by atoms with Gasteiger partial charge in [0.25, 0.3) is 0 Å². The zero-order valence-corrected chi connectivity index (χ0v) is 11.3. The fourth-order valence-electron chi connectivity index (χ4n) is 1.49. The first-order chi connectivity index (χ1) is 7.00. The summed E-state index contributed by atoms with van der Waals surface area (Å²) < 4.78 is 8.25. The van der Waals surface area contributed by atoms with Crippen molar-refractivity contribution in [2.45, 2.75) is 27.7 Å². The summed E-state index contributed by atoms with van der Waals surface area (Å²) in [5.74, 6) is 2.03. The fourth-order valence-corrected chi connectivity index (χ4v) is 2.27. The van der Waals surface area contributed by atoms with Gasteiger partial charge in [-0.05, 0) is 11.8 Å². The Balaban J connectivity index is 2.76. The van der Waals surface area contributed by atoms with Crippen LogP contribution in [-0.2, 0) is 0 Å². The smallest absolute Gasteiger partial charge is 0.187 e. The summed E-state index contributed by atoms with van der Waals surface area (Å²) in [5.41, 5.74) is 0. The van der Waals surface area contributed by atoms with Gasteiger partial charge in [0.2, 0.25) is 0 Å². The van der Waals surface area contributed by atoms with Crippen LogP contribution in [0.4, 0.5) is 5.82 Å². The number of anilines is 1. The standard InChI is InChI=1S/C10H18ClN3S/c1-7(2)5-14(6-8(3)4)10-9(11)12-15-13-10/h7-8H,5-6H2,1-4H3. The molecule has 0 unspecified atom stereocenters. The number of aromatic nitrogens is 2. The van der Waals surface area contributed by atoms with Gasteiger partial charge < -0.3 is 4.90 Å². The molecule has 1 aromatic heterocycles. The fraction of sp³-hybridized carbons (Fsp3) is 0.800. The molecule has 1 heterocycles. The van der Waals surface area contributed by atoms with E-state index in [1.165, 1.54) is 11.7 Å². The highest BCUT2D eigenvalue weighted by molar-refractivity contribution is 6.99. The lowest BCUT2D eigenvalue weighted by molar-refractivity contribution is 0.550. The van der Waals surface area contributed by atoms with E-state index in [9.17, 15) is 0 Å². The van der Waals surface area contributed by atoms with E-state index in [1.54, 1.807) is 0 Å². The highest BCUT2D eigenvalue weighted by atomic mass is 35.5. The average molecular weight is 248 g/mol. The highest BCUT2D eigenvalue weighted by Gasteiger charge is 2.16. The van der Waals surface area contributed by atoms with Gasteiger partial charge in [-0.2, -0.15) is 8.75 Å². The van der Waals surface area contributed by atoms with Crippen LogP contribution < -0.4 is 4.90 Å². The summed E-state index contributed by atoms with van der Waals surface area (Å²) in [7, 11) is 0. The van der Waals surface area contributed by atoms with Crippen molar-refractivity contribution >= 4 is 29.1 Å². The third-order valence-electron chi connectivity index (χ3n) is 1.90. The van der Waals surface area contributed by atoms with Gasteiger partial charge >= 0.3 is 0 Å². The first-order valence-corrected chi connectivity index (χ1v) is 6.34. The highest BCUT2D eigenvalue weighted by Crippen LogP contribution is 2.24. The lowest BCUT2D eigenvalue weighted by Crippen LogP contribution is -2.31. The second-order valence-corrected chi connectivity index (χ2v) is 5.46. The van der Waals surface area contributed by atoms with Crippen LogP contribution in [0.1, 0.15) is 27.7 Å². The molecular weight excluding hydrogens is 230 g/mol. The molecule has 1 aromatic rings. The van der Waals surface area contributed by atoms with Crippen LogP contribution in [0, 0.1) is 11.8 Å². The van der Waals surface area contributed by atoms with E-state index in [0.29, 0.717) is 17.0 Å². The van der Waals surface area contributed by atoms with Crippen molar-refractivity contribution in [3.05, 3.63) is 5.15 Å². The van der Waals surface area contributed by atoms with Crippen LogP contribution in [0.5, 0.6) is 0 Å². The summed E-state index contributed by atoms with van der Waals surface area (Å²) in [6.45, 7) is 10.7. The molecule has 0 N–H and O–H groups in total. The van der Waals surface area contributed by atoms with E-state index in [1.807, 2.05) is 0 Å². The Hall–Kier alpha value is -0.350. The number of rotatable bonds is 5. The molecule has 0 aliphatic heterocycles. The van der Waals surface area contributed by atoms with Gasteiger partial charge in [0.15, 0.2) is 11.0 Å². The number of hydrogen-bond acceptors (Lipinski definition) is 4. The monoisotopic (exact) mass is 247 g/mol. The van der Waals surface area contributed by atoms with E-state index >= 15 is 0 Å². The van der Waals surface area contributed by atoms with Crippen molar-refractivity contribution < 1.29 is 0 Å². The van der Waals surface area contributed by atoms with Gasteiger partial charge in [0, 0.05) is 13.1 Å². The molecule has 0 aliphatic carbocycles. The zero-order valence-electron chi connectivity index (χ0n) is 9.70. The third kappa shape index (κ3) is 3.95. The molecule has 0 fully saturated rings. The van der Waals surface area contributed by atoms with Crippen molar-refractivity contribution in [1.29, 1.82) is 0 Å². The van der Waals surface area contributed by atoms with Crippen LogP contribution in [0.3, 0.4) is 0 Å². The van der Waals surface area contributed by atoms with E-state index in [0.717, 1.165) is 18.9 Å². The maximum Gasteiger partial charge on any atom is 0.187 e. The molecule has 1 rings (SSSR count). The van der Waals surface area contributed by atoms with E-state index in [2.05, 4.69) is 41.3 Å². The van der Waals surface area contributed by atoms with Crippen molar-refractivity contribution in [1.82, 2.24) is 8.75 Å². The van der Waals surface area contributed by atoms with Crippen LogP contribution in [0.25, 0.3) is 0 Å². The molecule has 0 saturated heterocycles. The first kappa shape index (κ1) is 12.7. The molecule has 15 heavy (non-hydrogen) atoms. The Bertz CT molecular complexity index is 289. The summed E-state index contributed by atoms with van der Waals surface area (Å²) in [4.78, 5) is 2.22. The Labute approximate surface area is 101 Å². The Kier molecular flexibility index (Phi) is 4.80. The molecule has 0 saturated carbocycles. The SMILES string of the molecule is CC(C)CN(CC(C)C)c1nsnc1Cl. The maximum absolute atomic E-state index is 6.00. The minimum absolute atomic E-state index is 0.529. The molecule has 3 nitrogen and oxygen atoms in total. The molecule has 86 valence electrons. The average Bonchev–Trinajstić information content (AvgIpc) is 2.48. The van der Waals surface area contributed by atoms with Crippen LogP contribution in [0.2, 0.25) is 5.15 Å². The Morgan fingerprint density at radius 2 is 1.67 bits per heavy atom. The van der Waals surface area contributed by atoms with Gasteiger partial charge in [0.1, 0.15) is 0 Å². The lowest BCUT2D eigenvalue weighted by Gasteiger charge is -2.26. The topological polar surface area (TPSA) is 29.0 Å². The summed E-state index contributed by atoms with van der Waals surface area (Å²) in [6.07, 6.45) is 0. The van der Waals surface area contributed by atoms with Gasteiger partial charge in [-0.3, -0.25) is 0 Å². The number of halogens is 1. The van der Waals surface area contributed by atoms with Crippen LogP contribution >= 0.6 is 23.3 Å². The van der Waals surface area contributed by atoms with Gasteiger partial charge in [0.05, 0.1) is 11.7 Å². The van der Waals surface area contributed by atoms with Crippen LogP contribution in [0.15, 0.2) is 0 Å². The predicted molar refractivity (Wildman–Crippen MR) is 66.8 cm³/mol. The molecule has 0 radical (unpaired) electrons. The Morgan fingerprint density at radius 3 is 2.00 bits per heavy atom. The maximum atomic E-state index is 6.00. The van der Waals surface area contributed by atoms with Gasteiger partial charge in [-0.25, -0.2) is 0 Å². The molecule has 0 amide bonds. The summed E-state index contributed by atoms with van der Waals surface area (Å²) in [6, 6.07) is 0. The van der Waals surface area contributed by atoms with Crippen molar-refractivity contribution in [3.63, 3.8) is 0 Å².